The van der Waals surface area contributed by atoms with Crippen molar-refractivity contribution in [3.05, 3.63) is 88.3 Å². The van der Waals surface area contributed by atoms with Crippen LogP contribution in [0.25, 0.3) is 0 Å². The molecule has 1 aliphatic carbocycles. The highest BCUT2D eigenvalue weighted by molar-refractivity contribution is 6.28. The van der Waals surface area contributed by atoms with Gasteiger partial charge in [0.05, 0.1) is 12.1 Å². The minimum Gasteiger partial charge on any atom is -0.390 e. The fraction of sp³-hybridized carbons (Fsp3) is 0.467. The number of anilines is 1. The van der Waals surface area contributed by atoms with Crippen LogP contribution in [0.5, 0.6) is 0 Å². The van der Waals surface area contributed by atoms with Gasteiger partial charge in [-0.15, -0.1) is 0 Å². The number of benzene rings is 2. The van der Waals surface area contributed by atoms with Gasteiger partial charge in [-0.3, -0.25) is 0 Å². The zero-order valence-corrected chi connectivity index (χ0v) is 23.0. The van der Waals surface area contributed by atoms with Gasteiger partial charge in [-0.05, 0) is 71.2 Å². The van der Waals surface area contributed by atoms with Crippen LogP contribution in [0.1, 0.15) is 69.6 Å². The lowest BCUT2D eigenvalue weighted by Gasteiger charge is -2.41. The molecule has 0 bridgehead atoms. The smallest absolute Gasteiger partial charge is 0.224 e. The molecule has 1 aliphatic rings. The van der Waals surface area contributed by atoms with Crippen LogP contribution in [-0.4, -0.2) is 33.8 Å². The second-order valence-corrected chi connectivity index (χ2v) is 11.7. The van der Waals surface area contributed by atoms with Crippen LogP contribution in [0.15, 0.2) is 54.7 Å². The first-order valence-electron chi connectivity index (χ1n) is 13.3. The van der Waals surface area contributed by atoms with Crippen molar-refractivity contribution in [2.75, 3.05) is 11.9 Å². The van der Waals surface area contributed by atoms with E-state index >= 15 is 0 Å². The van der Waals surface area contributed by atoms with Crippen molar-refractivity contribution in [2.24, 2.45) is 0 Å². The molecule has 1 saturated carbocycles. The third-order valence-electron chi connectivity index (χ3n) is 7.44. The Morgan fingerprint density at radius 3 is 2.39 bits per heavy atom. The predicted octanol–water partition coefficient (Wildman–Crippen LogP) is 6.54. The Morgan fingerprint density at radius 2 is 1.74 bits per heavy atom. The Kier molecular flexibility index (Phi) is 9.01. The van der Waals surface area contributed by atoms with E-state index in [0.29, 0.717) is 11.4 Å². The molecular weight excluding hydrogens is 506 g/mol. The molecule has 1 heterocycles. The summed E-state index contributed by atoms with van der Waals surface area (Å²) in [5.41, 5.74) is 2.71. The fourth-order valence-corrected chi connectivity index (χ4v) is 5.47. The molecule has 8 heteroatoms. The molecule has 1 fully saturated rings. The van der Waals surface area contributed by atoms with E-state index in [4.69, 9.17) is 11.6 Å². The van der Waals surface area contributed by atoms with Gasteiger partial charge in [0, 0.05) is 24.3 Å². The SMILES string of the molecule is CC(C)(C)c1cccc(C2(NC[C@@H](O)[C@H](Cc3cc(F)cc(F)c3)Nc3ccnc(Cl)n3)CCCCC2)c1. The van der Waals surface area contributed by atoms with Gasteiger partial charge in [0.1, 0.15) is 17.5 Å². The average molecular weight is 543 g/mol. The quantitative estimate of drug-likeness (QED) is 0.268. The third kappa shape index (κ3) is 7.28. The highest BCUT2D eigenvalue weighted by atomic mass is 35.5. The van der Waals surface area contributed by atoms with E-state index < -0.39 is 23.8 Å². The van der Waals surface area contributed by atoms with Gasteiger partial charge in [-0.25, -0.2) is 18.7 Å². The highest BCUT2D eigenvalue weighted by Gasteiger charge is 2.35. The van der Waals surface area contributed by atoms with Crippen LogP contribution in [0.3, 0.4) is 0 Å². The summed E-state index contributed by atoms with van der Waals surface area (Å²) in [7, 11) is 0. The molecule has 38 heavy (non-hydrogen) atoms. The molecule has 1 aromatic heterocycles. The van der Waals surface area contributed by atoms with Gasteiger partial charge in [0.15, 0.2) is 0 Å². The second kappa shape index (κ2) is 12.1. The van der Waals surface area contributed by atoms with E-state index in [1.165, 1.54) is 35.9 Å². The van der Waals surface area contributed by atoms with Gasteiger partial charge in [-0.2, -0.15) is 0 Å². The van der Waals surface area contributed by atoms with Gasteiger partial charge >= 0.3 is 0 Å². The summed E-state index contributed by atoms with van der Waals surface area (Å²) in [6, 6.07) is 13.2. The lowest BCUT2D eigenvalue weighted by molar-refractivity contribution is 0.122. The normalized spacial score (nSPS) is 17.1. The van der Waals surface area contributed by atoms with E-state index in [1.54, 1.807) is 6.07 Å². The standard InChI is InChI=1S/C30H37ClF2N4O/c1-29(2,3)21-8-7-9-22(17-21)30(11-5-4-6-12-30)35-19-26(38)25(36-27-10-13-34-28(31)37-27)16-20-14-23(32)18-24(33)15-20/h7-10,13-15,17-18,25-26,35,38H,4-6,11-12,16,19H2,1-3H3,(H,34,36,37)/t25-,26+/m0/s1. The van der Waals surface area contributed by atoms with Crippen LogP contribution in [0, 0.1) is 11.6 Å². The number of nitrogens with one attached hydrogen (secondary N) is 2. The van der Waals surface area contributed by atoms with Crippen LogP contribution < -0.4 is 10.6 Å². The molecule has 204 valence electrons. The number of aliphatic hydroxyl groups excluding tert-OH is 1. The first kappa shape index (κ1) is 28.4. The molecule has 4 rings (SSSR count). The number of nitrogens with zero attached hydrogens (tertiary/aromatic N) is 2. The maximum atomic E-state index is 13.9. The second-order valence-electron chi connectivity index (χ2n) is 11.4. The van der Waals surface area contributed by atoms with Crippen LogP contribution in [0.2, 0.25) is 5.28 Å². The van der Waals surface area contributed by atoms with Crippen molar-refractivity contribution < 1.29 is 13.9 Å². The van der Waals surface area contributed by atoms with Crippen molar-refractivity contribution in [3.63, 3.8) is 0 Å². The Morgan fingerprint density at radius 1 is 1.03 bits per heavy atom. The molecule has 3 N–H and O–H groups in total. The van der Waals surface area contributed by atoms with E-state index in [0.717, 1.165) is 31.7 Å². The van der Waals surface area contributed by atoms with Crippen molar-refractivity contribution in [2.45, 2.75) is 82.4 Å². The lowest BCUT2D eigenvalue weighted by Crippen LogP contribution is -2.51. The van der Waals surface area contributed by atoms with E-state index in [1.807, 2.05) is 0 Å². The number of rotatable bonds is 9. The predicted molar refractivity (Wildman–Crippen MR) is 148 cm³/mol. The number of hydrogen-bond acceptors (Lipinski definition) is 5. The van der Waals surface area contributed by atoms with E-state index in [9.17, 15) is 13.9 Å². The monoisotopic (exact) mass is 542 g/mol. The van der Waals surface area contributed by atoms with Gasteiger partial charge in [0.2, 0.25) is 5.28 Å². The first-order chi connectivity index (χ1) is 18.0. The van der Waals surface area contributed by atoms with Crippen molar-refractivity contribution >= 4 is 17.4 Å². The maximum absolute atomic E-state index is 13.9. The number of hydrogen-bond donors (Lipinski definition) is 3. The lowest BCUT2D eigenvalue weighted by atomic mass is 9.74. The highest BCUT2D eigenvalue weighted by Crippen LogP contribution is 2.38. The molecule has 3 aromatic rings. The maximum Gasteiger partial charge on any atom is 0.224 e. The molecular formula is C30H37ClF2N4O. The topological polar surface area (TPSA) is 70.1 Å². The number of aliphatic hydroxyl groups is 1. The van der Waals surface area contributed by atoms with Crippen molar-refractivity contribution in [1.29, 1.82) is 0 Å². The molecule has 0 unspecified atom stereocenters. The van der Waals surface area contributed by atoms with Gasteiger partial charge < -0.3 is 15.7 Å². The van der Waals surface area contributed by atoms with Crippen molar-refractivity contribution in [1.82, 2.24) is 15.3 Å². The molecule has 5 nitrogen and oxygen atoms in total. The fourth-order valence-electron chi connectivity index (χ4n) is 5.32. The zero-order chi connectivity index (χ0) is 27.3. The summed E-state index contributed by atoms with van der Waals surface area (Å²) in [5.74, 6) is -0.885. The Balaban J connectivity index is 1.58. The molecule has 0 aliphatic heterocycles. The minimum absolute atomic E-state index is 0.0272. The molecule has 2 aromatic carbocycles. The molecule has 0 radical (unpaired) electrons. The first-order valence-corrected chi connectivity index (χ1v) is 13.7. The van der Waals surface area contributed by atoms with E-state index in [-0.39, 0.29) is 29.2 Å². The molecule has 0 saturated heterocycles. The summed E-state index contributed by atoms with van der Waals surface area (Å²) >= 11 is 5.97. The minimum atomic E-state index is -0.889. The Bertz CT molecular complexity index is 1210. The number of halogens is 3. The van der Waals surface area contributed by atoms with Gasteiger partial charge in [0.25, 0.3) is 0 Å². The third-order valence-corrected chi connectivity index (χ3v) is 7.62. The summed E-state index contributed by atoms with van der Waals surface area (Å²) in [6.07, 6.45) is 6.16. The van der Waals surface area contributed by atoms with Crippen molar-refractivity contribution in [3.8, 4) is 0 Å². The summed E-state index contributed by atoms with van der Waals surface area (Å²) in [6.45, 7) is 6.92. The summed E-state index contributed by atoms with van der Waals surface area (Å²) < 4.78 is 27.9. The Labute approximate surface area is 229 Å². The van der Waals surface area contributed by atoms with Crippen LogP contribution in [0.4, 0.5) is 14.6 Å². The zero-order valence-electron chi connectivity index (χ0n) is 22.3. The summed E-state index contributed by atoms with van der Waals surface area (Å²) in [5, 5.41) is 18.4. The van der Waals surface area contributed by atoms with Crippen LogP contribution >= 0.6 is 11.6 Å². The van der Waals surface area contributed by atoms with Gasteiger partial charge in [-0.1, -0.05) is 64.3 Å². The Hall–Kier alpha value is -2.61. The molecule has 0 amide bonds. The molecule has 0 spiro atoms. The largest absolute Gasteiger partial charge is 0.390 e. The number of aromatic nitrogens is 2. The molecule has 2 atom stereocenters. The average Bonchev–Trinajstić information content (AvgIpc) is 2.86. The van der Waals surface area contributed by atoms with E-state index in [2.05, 4.69) is 65.6 Å². The summed E-state index contributed by atoms with van der Waals surface area (Å²) in [4.78, 5) is 8.08. The van der Waals surface area contributed by atoms with Crippen LogP contribution in [-0.2, 0) is 17.4 Å².